The van der Waals surface area contributed by atoms with Crippen LogP contribution in [0.4, 0.5) is 8.78 Å². The minimum absolute atomic E-state index is 0.0200. The van der Waals surface area contributed by atoms with Gasteiger partial charge in [0.05, 0.1) is 5.02 Å². The minimum atomic E-state index is -0.484. The number of halogens is 3. The second kappa shape index (κ2) is 9.01. The van der Waals surface area contributed by atoms with Crippen LogP contribution in [0.25, 0.3) is 16.7 Å². The first kappa shape index (κ1) is 20.1. The lowest BCUT2D eigenvalue weighted by Gasteiger charge is -2.22. The van der Waals surface area contributed by atoms with Gasteiger partial charge in [0.2, 0.25) is 0 Å². The summed E-state index contributed by atoms with van der Waals surface area (Å²) in [6.07, 6.45) is 10.7. The smallest absolute Gasteiger partial charge is 0.145 e. The molecule has 3 rings (SSSR count). The summed E-state index contributed by atoms with van der Waals surface area (Å²) in [5, 5.41) is -0.0200. The first-order valence-corrected chi connectivity index (χ1v) is 10.3. The van der Waals surface area contributed by atoms with E-state index in [0.717, 1.165) is 24.3 Å². The Hall–Kier alpha value is -1.67. The van der Waals surface area contributed by atoms with Crippen LogP contribution in [0.2, 0.25) is 5.02 Å². The molecule has 0 radical (unpaired) electrons. The van der Waals surface area contributed by atoms with E-state index in [9.17, 15) is 8.78 Å². The molecule has 0 bridgehead atoms. The summed E-state index contributed by atoms with van der Waals surface area (Å²) in [7, 11) is 0. The summed E-state index contributed by atoms with van der Waals surface area (Å²) in [4.78, 5) is 0. The Morgan fingerprint density at radius 1 is 1.07 bits per heavy atom. The van der Waals surface area contributed by atoms with Gasteiger partial charge in [0.25, 0.3) is 0 Å². The Kier molecular flexibility index (Phi) is 6.70. The predicted molar refractivity (Wildman–Crippen MR) is 111 cm³/mol. The zero-order valence-electron chi connectivity index (χ0n) is 16.1. The number of aryl methyl sites for hydroxylation is 1. The van der Waals surface area contributed by atoms with Crippen LogP contribution in [0.3, 0.4) is 0 Å². The van der Waals surface area contributed by atoms with Gasteiger partial charge in [-0.2, -0.15) is 0 Å². The molecule has 0 saturated carbocycles. The van der Waals surface area contributed by atoms with Crippen LogP contribution in [0, 0.1) is 24.5 Å². The highest BCUT2D eigenvalue weighted by molar-refractivity contribution is 6.33. The Balaban J connectivity index is 1.77. The molecule has 0 aromatic heterocycles. The quantitative estimate of drug-likeness (QED) is 0.436. The highest BCUT2D eigenvalue weighted by atomic mass is 35.5. The van der Waals surface area contributed by atoms with Crippen LogP contribution in [-0.4, -0.2) is 0 Å². The Bertz CT molecular complexity index is 839. The summed E-state index contributed by atoms with van der Waals surface area (Å²) in [6.45, 7) is 3.88. The fourth-order valence-electron chi connectivity index (χ4n) is 3.88. The highest BCUT2D eigenvalue weighted by Crippen LogP contribution is 2.37. The molecule has 0 N–H and O–H groups in total. The van der Waals surface area contributed by atoms with E-state index in [4.69, 9.17) is 11.6 Å². The summed E-state index contributed by atoms with van der Waals surface area (Å²) in [5.74, 6) is -0.0795. The van der Waals surface area contributed by atoms with Gasteiger partial charge >= 0.3 is 0 Å². The van der Waals surface area contributed by atoms with Gasteiger partial charge in [-0.1, -0.05) is 74.5 Å². The van der Waals surface area contributed by atoms with E-state index in [1.165, 1.54) is 37.7 Å². The highest BCUT2D eigenvalue weighted by Gasteiger charge is 2.18. The van der Waals surface area contributed by atoms with E-state index in [2.05, 4.69) is 13.0 Å². The van der Waals surface area contributed by atoms with Crippen LogP contribution in [0.1, 0.15) is 63.0 Å². The van der Waals surface area contributed by atoms with Gasteiger partial charge in [-0.15, -0.1) is 0 Å². The Morgan fingerprint density at radius 3 is 2.52 bits per heavy atom. The molecule has 0 fully saturated rings. The van der Waals surface area contributed by atoms with Crippen molar-refractivity contribution in [1.29, 1.82) is 0 Å². The standard InChI is InChI=1S/C24H27ClF2/c1-3-4-5-6-17-8-10-18(11-9-17)19-12-14-20(22(26)15-19)21-13-7-16(2)24(27)23(21)25/h7,10,12-15,17H,3-6,8-9,11H2,1-2H3. The number of benzene rings is 2. The van der Waals surface area contributed by atoms with Crippen molar-refractivity contribution in [3.8, 4) is 11.1 Å². The molecule has 2 aromatic rings. The lowest BCUT2D eigenvalue weighted by Crippen LogP contribution is -2.05. The maximum Gasteiger partial charge on any atom is 0.145 e. The summed E-state index contributed by atoms with van der Waals surface area (Å²) in [5.41, 5.74) is 3.34. The number of hydrogen-bond donors (Lipinski definition) is 0. The summed E-state index contributed by atoms with van der Waals surface area (Å²) < 4.78 is 28.8. The average Bonchev–Trinajstić information content (AvgIpc) is 2.68. The lowest BCUT2D eigenvalue weighted by molar-refractivity contribution is 0.428. The number of unbranched alkanes of at least 4 members (excludes halogenated alkanes) is 2. The van der Waals surface area contributed by atoms with Gasteiger partial charge in [0, 0.05) is 11.1 Å². The first-order valence-electron chi connectivity index (χ1n) is 9.95. The normalized spacial score (nSPS) is 17.1. The zero-order valence-corrected chi connectivity index (χ0v) is 16.9. The van der Waals surface area contributed by atoms with Crippen molar-refractivity contribution in [1.82, 2.24) is 0 Å². The van der Waals surface area contributed by atoms with Gasteiger partial charge in [0.15, 0.2) is 0 Å². The van der Waals surface area contributed by atoms with Gasteiger partial charge in [-0.25, -0.2) is 8.78 Å². The maximum atomic E-state index is 14.8. The zero-order chi connectivity index (χ0) is 19.4. The third kappa shape index (κ3) is 4.60. The molecule has 1 unspecified atom stereocenters. The van der Waals surface area contributed by atoms with E-state index in [1.54, 1.807) is 31.2 Å². The maximum absolute atomic E-state index is 14.8. The number of allylic oxidation sites excluding steroid dienone is 2. The Morgan fingerprint density at radius 2 is 1.85 bits per heavy atom. The molecule has 0 nitrogen and oxygen atoms in total. The molecule has 3 heteroatoms. The van der Waals surface area contributed by atoms with E-state index in [1.807, 2.05) is 6.07 Å². The molecular formula is C24H27ClF2. The van der Waals surface area contributed by atoms with Gasteiger partial charge in [-0.3, -0.25) is 0 Å². The van der Waals surface area contributed by atoms with E-state index in [0.29, 0.717) is 16.7 Å². The third-order valence-corrected chi connectivity index (χ3v) is 6.01. The monoisotopic (exact) mass is 388 g/mol. The van der Waals surface area contributed by atoms with E-state index < -0.39 is 5.82 Å². The molecule has 144 valence electrons. The topological polar surface area (TPSA) is 0 Å². The molecule has 0 saturated heterocycles. The number of hydrogen-bond acceptors (Lipinski definition) is 0. The second-order valence-electron chi connectivity index (χ2n) is 7.62. The summed E-state index contributed by atoms with van der Waals surface area (Å²) >= 11 is 6.11. The van der Waals surface area contributed by atoms with Crippen molar-refractivity contribution >= 4 is 17.2 Å². The van der Waals surface area contributed by atoms with E-state index >= 15 is 0 Å². The SMILES string of the molecule is CCCCCC1CC=C(c2ccc(-c3ccc(C)c(F)c3Cl)c(F)c2)CC1. The van der Waals surface area contributed by atoms with Gasteiger partial charge < -0.3 is 0 Å². The van der Waals surface area contributed by atoms with Gasteiger partial charge in [-0.05, 0) is 54.9 Å². The van der Waals surface area contributed by atoms with E-state index in [-0.39, 0.29) is 10.8 Å². The second-order valence-corrected chi connectivity index (χ2v) is 8.00. The molecule has 0 aliphatic heterocycles. The third-order valence-electron chi connectivity index (χ3n) is 5.64. The minimum Gasteiger partial charge on any atom is -0.206 e. The van der Waals surface area contributed by atoms with Crippen LogP contribution in [0.15, 0.2) is 36.4 Å². The molecule has 1 aliphatic rings. The fourth-order valence-corrected chi connectivity index (χ4v) is 4.20. The molecule has 2 aromatic carbocycles. The van der Waals surface area contributed by atoms with Crippen LogP contribution >= 0.6 is 11.6 Å². The molecule has 27 heavy (non-hydrogen) atoms. The molecule has 0 spiro atoms. The molecular weight excluding hydrogens is 362 g/mol. The first-order chi connectivity index (χ1) is 13.0. The molecule has 0 heterocycles. The molecule has 0 amide bonds. The van der Waals surface area contributed by atoms with Crippen molar-refractivity contribution in [3.05, 3.63) is 64.2 Å². The molecule has 1 aliphatic carbocycles. The van der Waals surface area contributed by atoms with Crippen molar-refractivity contribution in [2.75, 3.05) is 0 Å². The summed E-state index contributed by atoms with van der Waals surface area (Å²) in [6, 6.07) is 8.52. The van der Waals surface area contributed by atoms with Crippen LogP contribution < -0.4 is 0 Å². The lowest BCUT2D eigenvalue weighted by atomic mass is 9.83. The van der Waals surface area contributed by atoms with Gasteiger partial charge in [0.1, 0.15) is 11.6 Å². The Labute approximate surface area is 166 Å². The van der Waals surface area contributed by atoms with Crippen molar-refractivity contribution in [3.63, 3.8) is 0 Å². The fraction of sp³-hybridized carbons (Fsp3) is 0.417. The number of rotatable bonds is 6. The van der Waals surface area contributed by atoms with Crippen LogP contribution in [0.5, 0.6) is 0 Å². The van der Waals surface area contributed by atoms with Crippen molar-refractivity contribution < 1.29 is 8.78 Å². The average molecular weight is 389 g/mol. The van der Waals surface area contributed by atoms with Crippen molar-refractivity contribution in [2.45, 2.75) is 58.8 Å². The molecule has 1 atom stereocenters. The largest absolute Gasteiger partial charge is 0.206 e. The van der Waals surface area contributed by atoms with Crippen molar-refractivity contribution in [2.24, 2.45) is 5.92 Å². The predicted octanol–water partition coefficient (Wildman–Crippen LogP) is 8.36. The van der Waals surface area contributed by atoms with Crippen LogP contribution in [-0.2, 0) is 0 Å².